The van der Waals surface area contributed by atoms with Crippen LogP contribution in [0.15, 0.2) is 65.6 Å². The van der Waals surface area contributed by atoms with Crippen LogP contribution < -0.4 is 14.4 Å². The number of hydrogen-bond acceptors (Lipinski definition) is 4. The second kappa shape index (κ2) is 6.93. The van der Waals surface area contributed by atoms with Crippen LogP contribution in [0.4, 0.5) is 11.4 Å². The highest BCUT2D eigenvalue weighted by atomic mass is 32.2. The maximum Gasteiger partial charge on any atom is 0.264 e. The summed E-state index contributed by atoms with van der Waals surface area (Å²) in [6.07, 6.45) is 0. The molecule has 1 N–H and O–H groups in total. The molecule has 0 atom stereocenters. The molecule has 3 aromatic carbocycles. The molecule has 1 heterocycles. The lowest BCUT2D eigenvalue weighted by molar-refractivity contribution is 0.102. The first-order valence-electron chi connectivity index (χ1n) is 9.05. The fourth-order valence-electron chi connectivity index (χ4n) is 3.13. The average Bonchev–Trinajstić information content (AvgIpc) is 2.83. The minimum atomic E-state index is -3.85. The van der Waals surface area contributed by atoms with Crippen molar-refractivity contribution >= 4 is 27.3 Å². The molecular weight excluding hydrogens is 388 g/mol. The van der Waals surface area contributed by atoms with Gasteiger partial charge in [0.25, 0.3) is 15.9 Å². The van der Waals surface area contributed by atoms with Gasteiger partial charge in [0, 0.05) is 7.05 Å². The first kappa shape index (κ1) is 19.0. The lowest BCUT2D eigenvalue weighted by atomic mass is 10.2. The Kier molecular flexibility index (Phi) is 4.55. The molecule has 0 radical (unpaired) electrons. The quantitative estimate of drug-likeness (QED) is 0.693. The number of aryl methyl sites for hydroxylation is 2. The van der Waals surface area contributed by atoms with E-state index in [0.29, 0.717) is 22.9 Å². The van der Waals surface area contributed by atoms with E-state index in [1.165, 1.54) is 29.6 Å². The number of hydrogen-bond donors (Lipinski definition) is 1. The molecule has 0 unspecified atom stereocenters. The SMILES string of the molecule is Cc1ccc(N(C)S(=O)(=O)c2ccc3c(c2)C(=O)Nc2cc(C)ccc2O3)cc1. The van der Waals surface area contributed by atoms with Crippen LogP contribution in [0.3, 0.4) is 0 Å². The van der Waals surface area contributed by atoms with Gasteiger partial charge in [0.05, 0.1) is 21.8 Å². The van der Waals surface area contributed by atoms with Gasteiger partial charge in [0.15, 0.2) is 5.75 Å². The largest absolute Gasteiger partial charge is 0.454 e. The van der Waals surface area contributed by atoms with E-state index >= 15 is 0 Å². The minimum Gasteiger partial charge on any atom is -0.454 e. The lowest BCUT2D eigenvalue weighted by Crippen LogP contribution is -2.26. The second-order valence-electron chi connectivity index (χ2n) is 7.02. The van der Waals surface area contributed by atoms with Gasteiger partial charge in [-0.05, 0) is 61.9 Å². The molecule has 4 rings (SSSR count). The number of rotatable bonds is 3. The van der Waals surface area contributed by atoms with Gasteiger partial charge in [-0.1, -0.05) is 23.8 Å². The number of sulfonamides is 1. The number of nitrogens with one attached hydrogen (secondary N) is 1. The smallest absolute Gasteiger partial charge is 0.264 e. The van der Waals surface area contributed by atoms with Crippen LogP contribution in [-0.4, -0.2) is 21.4 Å². The number of carbonyl (C=O) groups is 1. The molecule has 0 fully saturated rings. The molecule has 0 aromatic heterocycles. The summed E-state index contributed by atoms with van der Waals surface area (Å²) < 4.78 is 33.3. The molecule has 0 spiro atoms. The van der Waals surface area contributed by atoms with Crippen molar-refractivity contribution in [2.75, 3.05) is 16.7 Å². The van der Waals surface area contributed by atoms with Crippen molar-refractivity contribution in [3.63, 3.8) is 0 Å². The number of carbonyl (C=O) groups excluding carboxylic acids is 1. The summed E-state index contributed by atoms with van der Waals surface area (Å²) >= 11 is 0. The number of amides is 1. The van der Waals surface area contributed by atoms with Crippen molar-refractivity contribution in [2.45, 2.75) is 18.7 Å². The normalized spacial score (nSPS) is 12.9. The van der Waals surface area contributed by atoms with Crippen molar-refractivity contribution in [2.24, 2.45) is 0 Å². The third-order valence-corrected chi connectivity index (χ3v) is 6.64. The van der Waals surface area contributed by atoms with Gasteiger partial charge >= 0.3 is 0 Å². The Hall–Kier alpha value is -3.32. The molecule has 0 saturated carbocycles. The van der Waals surface area contributed by atoms with Gasteiger partial charge in [-0.25, -0.2) is 8.42 Å². The fourth-order valence-corrected chi connectivity index (χ4v) is 4.35. The first-order chi connectivity index (χ1) is 13.8. The van der Waals surface area contributed by atoms with E-state index in [1.807, 2.05) is 38.1 Å². The Balaban J connectivity index is 1.73. The van der Waals surface area contributed by atoms with Gasteiger partial charge in [0.1, 0.15) is 5.75 Å². The molecular formula is C22H20N2O4S. The molecule has 0 aliphatic carbocycles. The lowest BCUT2D eigenvalue weighted by Gasteiger charge is -2.20. The number of anilines is 2. The summed E-state index contributed by atoms with van der Waals surface area (Å²) in [7, 11) is -2.36. The molecule has 3 aromatic rings. The van der Waals surface area contributed by atoms with Crippen LogP contribution in [0.1, 0.15) is 21.5 Å². The molecule has 1 aliphatic heterocycles. The summed E-state index contributed by atoms with van der Waals surface area (Å²) in [6, 6.07) is 17.0. The van der Waals surface area contributed by atoms with Crippen LogP contribution in [0.2, 0.25) is 0 Å². The first-order valence-corrected chi connectivity index (χ1v) is 10.5. The molecule has 7 heteroatoms. The van der Waals surface area contributed by atoms with Crippen LogP contribution in [0.5, 0.6) is 11.5 Å². The molecule has 6 nitrogen and oxygen atoms in total. The van der Waals surface area contributed by atoms with Crippen LogP contribution in [0, 0.1) is 13.8 Å². The highest BCUT2D eigenvalue weighted by Crippen LogP contribution is 2.37. The van der Waals surface area contributed by atoms with Gasteiger partial charge in [0.2, 0.25) is 0 Å². The van der Waals surface area contributed by atoms with E-state index in [0.717, 1.165) is 11.1 Å². The summed E-state index contributed by atoms with van der Waals surface area (Å²) in [4.78, 5) is 12.8. The third-order valence-electron chi connectivity index (χ3n) is 4.85. The molecule has 1 aliphatic rings. The monoisotopic (exact) mass is 408 g/mol. The van der Waals surface area contributed by atoms with E-state index < -0.39 is 15.9 Å². The number of ether oxygens (including phenoxy) is 1. The fraction of sp³-hybridized carbons (Fsp3) is 0.136. The van der Waals surface area contributed by atoms with Gasteiger partial charge < -0.3 is 10.1 Å². The zero-order valence-electron chi connectivity index (χ0n) is 16.3. The highest BCUT2D eigenvalue weighted by Gasteiger charge is 2.27. The van der Waals surface area contributed by atoms with Crippen LogP contribution >= 0.6 is 0 Å². The Bertz CT molecular complexity index is 1220. The van der Waals surface area contributed by atoms with E-state index in [-0.39, 0.29) is 10.5 Å². The summed E-state index contributed by atoms with van der Waals surface area (Å²) in [5.41, 5.74) is 3.26. The Morgan fingerprint density at radius 3 is 2.24 bits per heavy atom. The zero-order valence-corrected chi connectivity index (χ0v) is 17.1. The Morgan fingerprint density at radius 1 is 0.862 bits per heavy atom. The molecule has 0 bridgehead atoms. The summed E-state index contributed by atoms with van der Waals surface area (Å²) in [5.74, 6) is 0.400. The third kappa shape index (κ3) is 3.45. The van der Waals surface area contributed by atoms with Crippen molar-refractivity contribution in [1.82, 2.24) is 0 Å². The number of nitrogens with zero attached hydrogens (tertiary/aromatic N) is 1. The Labute approximate surface area is 169 Å². The van der Waals surface area contributed by atoms with E-state index in [4.69, 9.17) is 4.74 Å². The highest BCUT2D eigenvalue weighted by molar-refractivity contribution is 7.92. The van der Waals surface area contributed by atoms with Crippen molar-refractivity contribution in [3.8, 4) is 11.5 Å². The Morgan fingerprint density at radius 2 is 1.52 bits per heavy atom. The van der Waals surface area contributed by atoms with E-state index in [2.05, 4.69) is 5.32 Å². The molecule has 1 amide bonds. The summed E-state index contributed by atoms with van der Waals surface area (Å²) in [5, 5.41) is 2.79. The standard InChI is InChI=1S/C22H20N2O4S/c1-14-4-7-16(8-5-14)24(3)29(26,27)17-9-11-20-18(13-17)22(25)23-19-12-15(2)6-10-21(19)28-20/h4-13H,1-3H3,(H,23,25). The maximum atomic E-state index is 13.1. The molecule has 0 saturated heterocycles. The average molecular weight is 408 g/mol. The zero-order chi connectivity index (χ0) is 20.8. The second-order valence-corrected chi connectivity index (χ2v) is 8.99. The van der Waals surface area contributed by atoms with Crippen LogP contribution in [0.25, 0.3) is 0 Å². The van der Waals surface area contributed by atoms with Gasteiger partial charge in [-0.15, -0.1) is 0 Å². The minimum absolute atomic E-state index is 0.0141. The van der Waals surface area contributed by atoms with E-state index in [9.17, 15) is 13.2 Å². The van der Waals surface area contributed by atoms with E-state index in [1.54, 1.807) is 18.2 Å². The molecule has 148 valence electrons. The molecule has 29 heavy (non-hydrogen) atoms. The van der Waals surface area contributed by atoms with Crippen LogP contribution in [-0.2, 0) is 10.0 Å². The number of fused-ring (bicyclic) bond motifs is 2. The van der Waals surface area contributed by atoms with Gasteiger partial charge in [-0.2, -0.15) is 0 Å². The maximum absolute atomic E-state index is 13.1. The van der Waals surface area contributed by atoms with Crippen molar-refractivity contribution < 1.29 is 17.9 Å². The predicted molar refractivity (Wildman–Crippen MR) is 112 cm³/mol. The van der Waals surface area contributed by atoms with Crippen molar-refractivity contribution in [3.05, 3.63) is 77.4 Å². The topological polar surface area (TPSA) is 75.7 Å². The summed E-state index contributed by atoms with van der Waals surface area (Å²) in [6.45, 7) is 3.85. The van der Waals surface area contributed by atoms with Crippen molar-refractivity contribution in [1.29, 1.82) is 0 Å². The predicted octanol–water partition coefficient (Wildman–Crippen LogP) is 4.49. The number of benzene rings is 3. The van der Waals surface area contributed by atoms with Gasteiger partial charge in [-0.3, -0.25) is 9.10 Å².